The second kappa shape index (κ2) is 4.12. The molecule has 3 nitrogen and oxygen atoms in total. The molecule has 0 saturated heterocycles. The molecule has 1 rings (SSSR count). The lowest BCUT2D eigenvalue weighted by atomic mass is 10.0. The Morgan fingerprint density at radius 1 is 1.64 bits per heavy atom. The third-order valence-electron chi connectivity index (χ3n) is 1.79. The van der Waals surface area contributed by atoms with E-state index in [9.17, 15) is 4.79 Å². The van der Waals surface area contributed by atoms with Gasteiger partial charge in [0.15, 0.2) is 0 Å². The Kier molecular flexibility index (Phi) is 3.10. The molecular weight excluding hydrogens is 202 g/mol. The average molecular weight is 210 g/mol. The van der Waals surface area contributed by atoms with Gasteiger partial charge in [-0.1, -0.05) is 17.7 Å². The number of benzene rings is 1. The van der Waals surface area contributed by atoms with Crippen molar-refractivity contribution in [2.45, 2.75) is 13.3 Å². The molecule has 0 heterocycles. The summed E-state index contributed by atoms with van der Waals surface area (Å²) in [6.45, 7) is 1.74. The van der Waals surface area contributed by atoms with Crippen molar-refractivity contribution in [3.63, 3.8) is 0 Å². The summed E-state index contributed by atoms with van der Waals surface area (Å²) in [5, 5.41) is 17.7. The molecule has 72 valence electrons. The third kappa shape index (κ3) is 2.24. The van der Waals surface area contributed by atoms with Crippen molar-refractivity contribution < 1.29 is 9.90 Å². The molecule has 1 N–H and O–H groups in total. The average Bonchev–Trinajstić information content (AvgIpc) is 2.10. The van der Waals surface area contributed by atoms with E-state index in [1.54, 1.807) is 13.0 Å². The van der Waals surface area contributed by atoms with Crippen molar-refractivity contribution in [3.05, 3.63) is 33.8 Å². The van der Waals surface area contributed by atoms with E-state index < -0.39 is 5.97 Å². The number of rotatable bonds is 2. The predicted octanol–water partition coefficient (Wildman–Crippen LogP) is 2.15. The number of aryl methyl sites for hydroxylation is 1. The van der Waals surface area contributed by atoms with Gasteiger partial charge in [-0.05, 0) is 24.1 Å². The van der Waals surface area contributed by atoms with Crippen LogP contribution in [0.4, 0.5) is 0 Å². The molecule has 0 radical (unpaired) electrons. The number of carbonyl (C=O) groups is 1. The van der Waals surface area contributed by atoms with Crippen LogP contribution in [0, 0.1) is 18.3 Å². The van der Waals surface area contributed by atoms with E-state index >= 15 is 0 Å². The number of nitrogens with zero attached hydrogens (tertiary/aromatic N) is 1. The van der Waals surface area contributed by atoms with Gasteiger partial charge in [0, 0.05) is 0 Å². The highest BCUT2D eigenvalue weighted by Crippen LogP contribution is 2.22. The fraction of sp³-hybridized carbons (Fsp3) is 0.200. The minimum atomic E-state index is -0.921. The Morgan fingerprint density at radius 3 is 2.79 bits per heavy atom. The number of aliphatic carboxylic acids is 1. The highest BCUT2D eigenvalue weighted by atomic mass is 35.5. The smallest absolute Gasteiger partial charge is 0.307 e. The number of halogens is 1. The summed E-state index contributed by atoms with van der Waals surface area (Å²) in [6.07, 6.45) is -0.0906. The molecule has 0 aliphatic carbocycles. The van der Waals surface area contributed by atoms with Gasteiger partial charge >= 0.3 is 5.97 Å². The van der Waals surface area contributed by atoms with Gasteiger partial charge in [0.05, 0.1) is 17.0 Å². The highest BCUT2D eigenvalue weighted by Gasteiger charge is 2.07. The number of carboxylic acid groups (broad SMARTS) is 1. The lowest BCUT2D eigenvalue weighted by Crippen LogP contribution is -2.01. The molecule has 0 aliphatic heterocycles. The largest absolute Gasteiger partial charge is 0.481 e. The van der Waals surface area contributed by atoms with E-state index in [1.807, 2.05) is 6.07 Å². The molecular formula is C10H8ClNO2. The van der Waals surface area contributed by atoms with Crippen molar-refractivity contribution in [3.8, 4) is 6.07 Å². The normalized spacial score (nSPS) is 9.50. The molecule has 0 fully saturated rings. The Balaban J connectivity index is 3.18. The van der Waals surface area contributed by atoms with Crippen molar-refractivity contribution in [1.82, 2.24) is 0 Å². The predicted molar refractivity (Wildman–Crippen MR) is 52.2 cm³/mol. The quantitative estimate of drug-likeness (QED) is 0.812. The molecule has 1 aromatic carbocycles. The van der Waals surface area contributed by atoms with Crippen LogP contribution in [-0.4, -0.2) is 11.1 Å². The monoisotopic (exact) mass is 209 g/mol. The van der Waals surface area contributed by atoms with Gasteiger partial charge in [-0.2, -0.15) is 5.26 Å². The Hall–Kier alpha value is -1.53. The van der Waals surface area contributed by atoms with E-state index in [-0.39, 0.29) is 6.42 Å². The van der Waals surface area contributed by atoms with Gasteiger partial charge < -0.3 is 5.11 Å². The summed E-state index contributed by atoms with van der Waals surface area (Å²) in [5.74, 6) is -0.921. The fourth-order valence-corrected chi connectivity index (χ4v) is 1.35. The van der Waals surface area contributed by atoms with Crippen LogP contribution in [0.1, 0.15) is 16.7 Å². The molecule has 0 saturated carbocycles. The first-order chi connectivity index (χ1) is 6.54. The number of carboxylic acids is 1. The zero-order valence-corrected chi connectivity index (χ0v) is 8.30. The number of nitriles is 1. The maximum Gasteiger partial charge on any atom is 0.307 e. The zero-order valence-electron chi connectivity index (χ0n) is 7.54. The first kappa shape index (κ1) is 10.6. The second-order valence-electron chi connectivity index (χ2n) is 2.96. The Labute approximate surface area is 86.5 Å². The molecule has 0 aliphatic rings. The van der Waals surface area contributed by atoms with Gasteiger partial charge in [0.2, 0.25) is 0 Å². The van der Waals surface area contributed by atoms with Crippen molar-refractivity contribution in [1.29, 1.82) is 5.26 Å². The molecule has 0 unspecified atom stereocenters. The van der Waals surface area contributed by atoms with E-state index in [0.29, 0.717) is 16.1 Å². The van der Waals surface area contributed by atoms with Crippen LogP contribution in [0.25, 0.3) is 0 Å². The van der Waals surface area contributed by atoms with Crippen LogP contribution in [0.2, 0.25) is 5.02 Å². The summed E-state index contributed by atoms with van der Waals surface area (Å²) in [7, 11) is 0. The third-order valence-corrected chi connectivity index (χ3v) is 2.29. The minimum Gasteiger partial charge on any atom is -0.481 e. The van der Waals surface area contributed by atoms with Gasteiger partial charge in [0.25, 0.3) is 0 Å². The minimum absolute atomic E-state index is 0.0906. The van der Waals surface area contributed by atoms with Crippen molar-refractivity contribution >= 4 is 17.6 Å². The summed E-state index contributed by atoms with van der Waals surface area (Å²) in [4.78, 5) is 10.4. The standard InChI is InChI=1S/C10H8ClNO2/c1-6-2-7(4-9(13)14)3-8(5-12)10(6)11/h2-3H,4H2,1H3,(H,13,14). The van der Waals surface area contributed by atoms with E-state index in [2.05, 4.69) is 0 Å². The zero-order chi connectivity index (χ0) is 10.7. The van der Waals surface area contributed by atoms with E-state index in [4.69, 9.17) is 22.0 Å². The molecule has 0 atom stereocenters. The summed E-state index contributed by atoms with van der Waals surface area (Å²) >= 11 is 5.83. The fourth-order valence-electron chi connectivity index (χ4n) is 1.20. The first-order valence-electron chi connectivity index (χ1n) is 3.95. The van der Waals surface area contributed by atoms with Crippen LogP contribution >= 0.6 is 11.6 Å². The van der Waals surface area contributed by atoms with Gasteiger partial charge in [-0.25, -0.2) is 0 Å². The highest BCUT2D eigenvalue weighted by molar-refractivity contribution is 6.32. The van der Waals surface area contributed by atoms with E-state index in [1.165, 1.54) is 6.07 Å². The van der Waals surface area contributed by atoms with Gasteiger partial charge in [-0.15, -0.1) is 0 Å². The Morgan fingerprint density at radius 2 is 2.29 bits per heavy atom. The van der Waals surface area contributed by atoms with Crippen LogP contribution in [0.5, 0.6) is 0 Å². The molecule has 0 aromatic heterocycles. The summed E-state index contributed by atoms with van der Waals surface area (Å²) in [6, 6.07) is 5.11. The maximum atomic E-state index is 10.4. The maximum absolute atomic E-state index is 10.4. The molecule has 1 aromatic rings. The topological polar surface area (TPSA) is 61.1 Å². The molecule has 14 heavy (non-hydrogen) atoms. The molecule has 4 heteroatoms. The molecule has 0 bridgehead atoms. The van der Waals surface area contributed by atoms with Crippen LogP contribution < -0.4 is 0 Å². The lowest BCUT2D eigenvalue weighted by Gasteiger charge is -2.03. The van der Waals surface area contributed by atoms with E-state index in [0.717, 1.165) is 5.56 Å². The molecule has 0 amide bonds. The number of hydrogen-bond donors (Lipinski definition) is 1. The molecule has 0 spiro atoms. The van der Waals surface area contributed by atoms with Gasteiger partial charge in [-0.3, -0.25) is 4.79 Å². The van der Waals surface area contributed by atoms with Crippen molar-refractivity contribution in [2.75, 3.05) is 0 Å². The van der Waals surface area contributed by atoms with Crippen molar-refractivity contribution in [2.24, 2.45) is 0 Å². The number of hydrogen-bond acceptors (Lipinski definition) is 2. The van der Waals surface area contributed by atoms with Crippen LogP contribution in [-0.2, 0) is 11.2 Å². The SMILES string of the molecule is Cc1cc(CC(=O)O)cc(C#N)c1Cl. The summed E-state index contributed by atoms with van der Waals surface area (Å²) < 4.78 is 0. The Bertz CT molecular complexity index is 421. The van der Waals surface area contributed by atoms with Crippen LogP contribution in [0.15, 0.2) is 12.1 Å². The van der Waals surface area contributed by atoms with Gasteiger partial charge in [0.1, 0.15) is 6.07 Å². The van der Waals surface area contributed by atoms with Crippen LogP contribution in [0.3, 0.4) is 0 Å². The first-order valence-corrected chi connectivity index (χ1v) is 4.33. The lowest BCUT2D eigenvalue weighted by molar-refractivity contribution is -0.136. The summed E-state index contributed by atoms with van der Waals surface area (Å²) in [5.41, 5.74) is 1.64. The second-order valence-corrected chi connectivity index (χ2v) is 3.33.